The minimum Gasteiger partial charge on any atom is -0.481 e. The molecule has 1 aromatic carbocycles. The van der Waals surface area contributed by atoms with E-state index in [1.165, 1.54) is 36.3 Å². The molecule has 0 aromatic heterocycles. The van der Waals surface area contributed by atoms with Crippen molar-refractivity contribution in [3.8, 4) is 0 Å². The van der Waals surface area contributed by atoms with Gasteiger partial charge < -0.3 is 20.1 Å². The van der Waals surface area contributed by atoms with Gasteiger partial charge in [0.1, 0.15) is 0 Å². The summed E-state index contributed by atoms with van der Waals surface area (Å²) in [5.41, 5.74) is 0.459. The van der Waals surface area contributed by atoms with Gasteiger partial charge in [-0.1, -0.05) is 6.92 Å². The maximum atomic E-state index is 12.4. The van der Waals surface area contributed by atoms with Crippen molar-refractivity contribution >= 4 is 27.5 Å². The van der Waals surface area contributed by atoms with Crippen LogP contribution in [0.5, 0.6) is 0 Å². The first-order valence-corrected chi connectivity index (χ1v) is 10.5. The molecule has 8 nitrogen and oxygen atoms in total. The number of hydrogen-bond donors (Lipinski definition) is 2. The maximum absolute atomic E-state index is 12.4. The summed E-state index contributed by atoms with van der Waals surface area (Å²) in [5.74, 6) is -1.37. The van der Waals surface area contributed by atoms with E-state index in [1.54, 1.807) is 0 Å². The minimum absolute atomic E-state index is 0.00517. The van der Waals surface area contributed by atoms with E-state index in [4.69, 9.17) is 4.74 Å². The Morgan fingerprint density at radius 2 is 1.93 bits per heavy atom. The van der Waals surface area contributed by atoms with Crippen LogP contribution in [0, 0.1) is 11.8 Å². The predicted octanol–water partition coefficient (Wildman–Crippen LogP) is 2.07. The van der Waals surface area contributed by atoms with Gasteiger partial charge in [-0.25, -0.2) is 13.2 Å². The number of carbonyl (C=O) groups is 2. The first-order valence-electron chi connectivity index (χ1n) is 8.83. The number of piperidine rings is 1. The van der Waals surface area contributed by atoms with Gasteiger partial charge >= 0.3 is 12.0 Å². The van der Waals surface area contributed by atoms with Crippen LogP contribution in [0.25, 0.3) is 0 Å². The number of methoxy groups -OCH3 is 1. The van der Waals surface area contributed by atoms with Crippen LogP contribution in [-0.2, 0) is 19.4 Å². The number of rotatable bonds is 7. The molecule has 2 amide bonds. The van der Waals surface area contributed by atoms with Crippen molar-refractivity contribution in [3.05, 3.63) is 24.3 Å². The lowest BCUT2D eigenvalue weighted by molar-refractivity contribution is -0.143. The van der Waals surface area contributed by atoms with Crippen molar-refractivity contribution in [3.63, 3.8) is 0 Å². The average molecular weight is 398 g/mol. The number of amides is 2. The van der Waals surface area contributed by atoms with Gasteiger partial charge in [0.25, 0.3) is 0 Å². The van der Waals surface area contributed by atoms with Gasteiger partial charge in [-0.3, -0.25) is 4.79 Å². The zero-order valence-electron chi connectivity index (χ0n) is 15.6. The summed E-state index contributed by atoms with van der Waals surface area (Å²) in [6, 6.07) is 5.59. The standard InChI is InChI=1S/C18H26N2O6S/c1-13-10-14(17(21)22)12-20(11-13)18(23)19-15-4-6-16(7-5-15)27(24,25)9-3-8-26-2/h4-7,13-14H,3,8-12H2,1-2H3,(H,19,23)(H,21,22). The van der Waals surface area contributed by atoms with Gasteiger partial charge in [0.2, 0.25) is 0 Å². The highest BCUT2D eigenvalue weighted by atomic mass is 32.2. The van der Waals surface area contributed by atoms with Crippen molar-refractivity contribution < 1.29 is 27.9 Å². The van der Waals surface area contributed by atoms with Crippen molar-refractivity contribution in [2.75, 3.05) is 37.9 Å². The SMILES string of the molecule is COCCCS(=O)(=O)c1ccc(NC(=O)N2CC(C)CC(C(=O)O)C2)cc1. The van der Waals surface area contributed by atoms with E-state index in [9.17, 15) is 23.1 Å². The Balaban J connectivity index is 1.99. The third kappa shape index (κ3) is 5.93. The number of carboxylic acid groups (broad SMARTS) is 1. The molecule has 0 saturated carbocycles. The molecule has 1 aromatic rings. The first kappa shape index (κ1) is 21.2. The molecule has 1 saturated heterocycles. The van der Waals surface area contributed by atoms with Crippen LogP contribution in [0.4, 0.5) is 10.5 Å². The predicted molar refractivity (Wildman–Crippen MR) is 100 cm³/mol. The van der Waals surface area contributed by atoms with Gasteiger partial charge in [-0.15, -0.1) is 0 Å². The van der Waals surface area contributed by atoms with Crippen LogP contribution in [0.15, 0.2) is 29.2 Å². The molecule has 27 heavy (non-hydrogen) atoms. The fraction of sp³-hybridized carbons (Fsp3) is 0.556. The number of aliphatic carboxylic acids is 1. The number of benzene rings is 1. The molecule has 1 fully saturated rings. The smallest absolute Gasteiger partial charge is 0.321 e. The van der Waals surface area contributed by atoms with Gasteiger partial charge in [0, 0.05) is 32.5 Å². The molecule has 0 bridgehead atoms. The third-order valence-electron chi connectivity index (χ3n) is 4.52. The molecule has 1 heterocycles. The Morgan fingerprint density at radius 1 is 1.26 bits per heavy atom. The Kier molecular flexibility index (Phi) is 7.20. The first-order chi connectivity index (χ1) is 12.7. The number of anilines is 1. The second kappa shape index (κ2) is 9.18. The lowest BCUT2D eigenvalue weighted by Gasteiger charge is -2.34. The zero-order chi connectivity index (χ0) is 20.0. The molecule has 1 aliphatic rings. The van der Waals surface area contributed by atoms with Crippen LogP contribution in [0.1, 0.15) is 19.8 Å². The Hall–Kier alpha value is -2.13. The number of nitrogens with zero attached hydrogens (tertiary/aromatic N) is 1. The number of ether oxygens (including phenoxy) is 1. The van der Waals surface area contributed by atoms with E-state index in [2.05, 4.69) is 5.32 Å². The molecule has 2 atom stereocenters. The van der Waals surface area contributed by atoms with Gasteiger partial charge in [-0.05, 0) is 43.0 Å². The topological polar surface area (TPSA) is 113 Å². The summed E-state index contributed by atoms with van der Waals surface area (Å²) in [6.45, 7) is 2.94. The number of carbonyl (C=O) groups excluding carboxylic acids is 1. The molecule has 150 valence electrons. The normalized spacial score (nSPS) is 20.3. The number of nitrogens with one attached hydrogen (secondary N) is 1. The third-order valence-corrected chi connectivity index (χ3v) is 6.34. The van der Waals surface area contributed by atoms with Crippen molar-refractivity contribution in [1.82, 2.24) is 4.90 Å². The molecular formula is C18H26N2O6S. The number of carboxylic acids is 1. The monoisotopic (exact) mass is 398 g/mol. The number of hydrogen-bond acceptors (Lipinski definition) is 5. The van der Waals surface area contributed by atoms with Gasteiger partial charge in [0.05, 0.1) is 16.6 Å². The van der Waals surface area contributed by atoms with Gasteiger partial charge in [-0.2, -0.15) is 0 Å². The Labute approximate surface area is 159 Å². The molecule has 0 aliphatic carbocycles. The molecule has 0 radical (unpaired) electrons. The maximum Gasteiger partial charge on any atom is 0.321 e. The Bertz CT molecular complexity index is 763. The minimum atomic E-state index is -3.39. The summed E-state index contributed by atoms with van der Waals surface area (Å²) in [5, 5.41) is 11.9. The largest absolute Gasteiger partial charge is 0.481 e. The lowest BCUT2D eigenvalue weighted by atomic mass is 9.91. The van der Waals surface area contributed by atoms with Crippen LogP contribution in [-0.4, -0.2) is 63.0 Å². The number of sulfone groups is 1. The van der Waals surface area contributed by atoms with E-state index >= 15 is 0 Å². The van der Waals surface area contributed by atoms with E-state index in [1.807, 2.05) is 6.92 Å². The fourth-order valence-corrected chi connectivity index (χ4v) is 4.44. The molecule has 2 rings (SSSR count). The summed E-state index contributed by atoms with van der Waals surface area (Å²) in [6.07, 6.45) is 0.962. The fourth-order valence-electron chi connectivity index (χ4n) is 3.16. The van der Waals surface area contributed by atoms with Crippen LogP contribution < -0.4 is 5.32 Å². The summed E-state index contributed by atoms with van der Waals surface area (Å²) in [7, 11) is -1.87. The van der Waals surface area contributed by atoms with Crippen LogP contribution in [0.3, 0.4) is 0 Å². The average Bonchev–Trinajstić information content (AvgIpc) is 2.61. The van der Waals surface area contributed by atoms with Gasteiger partial charge in [0.15, 0.2) is 9.84 Å². The lowest BCUT2D eigenvalue weighted by Crippen LogP contribution is -2.47. The molecule has 2 N–H and O–H groups in total. The molecule has 1 aliphatic heterocycles. The highest BCUT2D eigenvalue weighted by Crippen LogP contribution is 2.23. The quantitative estimate of drug-likeness (QED) is 0.680. The second-order valence-electron chi connectivity index (χ2n) is 6.90. The van der Waals surface area contributed by atoms with Crippen molar-refractivity contribution in [1.29, 1.82) is 0 Å². The van der Waals surface area contributed by atoms with E-state index < -0.39 is 21.7 Å². The van der Waals surface area contributed by atoms with Crippen LogP contribution >= 0.6 is 0 Å². The van der Waals surface area contributed by atoms with Crippen molar-refractivity contribution in [2.45, 2.75) is 24.7 Å². The summed E-state index contributed by atoms with van der Waals surface area (Å²) in [4.78, 5) is 25.3. The molecule has 2 unspecified atom stereocenters. The van der Waals surface area contributed by atoms with E-state index in [-0.39, 0.29) is 29.1 Å². The Morgan fingerprint density at radius 3 is 2.52 bits per heavy atom. The number of urea groups is 1. The van der Waals surface area contributed by atoms with Crippen molar-refractivity contribution in [2.24, 2.45) is 11.8 Å². The summed E-state index contributed by atoms with van der Waals surface area (Å²) >= 11 is 0. The highest BCUT2D eigenvalue weighted by Gasteiger charge is 2.31. The molecular weight excluding hydrogens is 372 g/mol. The molecule has 0 spiro atoms. The second-order valence-corrected chi connectivity index (χ2v) is 9.01. The number of likely N-dealkylation sites (tertiary alicyclic amines) is 1. The van der Waals surface area contributed by atoms with Crippen LogP contribution in [0.2, 0.25) is 0 Å². The summed E-state index contributed by atoms with van der Waals surface area (Å²) < 4.78 is 29.3. The van der Waals surface area contributed by atoms with E-state index in [0.717, 1.165) is 0 Å². The zero-order valence-corrected chi connectivity index (χ0v) is 16.4. The molecule has 9 heteroatoms. The van der Waals surface area contributed by atoms with E-state index in [0.29, 0.717) is 31.7 Å². The highest BCUT2D eigenvalue weighted by molar-refractivity contribution is 7.91.